The van der Waals surface area contributed by atoms with Crippen LogP contribution in [0.1, 0.15) is 24.0 Å². The fraction of sp³-hybridized carbons (Fsp3) is 0.261. The van der Waals surface area contributed by atoms with E-state index in [1.54, 1.807) is 4.90 Å². The molecule has 0 aliphatic heterocycles. The molecule has 0 atom stereocenters. The number of benzene rings is 2. The Morgan fingerprint density at radius 3 is 2.26 bits per heavy atom. The maximum atomic E-state index is 12.8. The van der Waals surface area contributed by atoms with Crippen molar-refractivity contribution in [2.24, 2.45) is 0 Å². The minimum Gasteiger partial charge on any atom is -0.383 e. The highest BCUT2D eigenvalue weighted by Gasteiger charge is 2.26. The maximum absolute atomic E-state index is 12.8. The number of hydrogen-bond donors (Lipinski definition) is 3. The Labute approximate surface area is 179 Å². The molecule has 31 heavy (non-hydrogen) atoms. The highest BCUT2D eigenvalue weighted by molar-refractivity contribution is 5.83. The largest absolute Gasteiger partial charge is 0.383 e. The second-order valence-corrected chi connectivity index (χ2v) is 7.75. The Hall–Kier alpha value is -3.81. The van der Waals surface area contributed by atoms with E-state index in [1.165, 1.54) is 4.57 Å². The summed E-state index contributed by atoms with van der Waals surface area (Å²) >= 11 is 0. The molecule has 8 heteroatoms. The average Bonchev–Trinajstić information content (AvgIpc) is 3.56. The van der Waals surface area contributed by atoms with Crippen molar-refractivity contribution >= 4 is 17.4 Å². The van der Waals surface area contributed by atoms with Crippen molar-refractivity contribution in [3.05, 3.63) is 92.6 Å². The number of aromatic nitrogens is 2. The van der Waals surface area contributed by atoms with E-state index >= 15 is 0 Å². The first-order chi connectivity index (χ1) is 15.0. The lowest BCUT2D eigenvalue weighted by Crippen LogP contribution is -2.43. The van der Waals surface area contributed by atoms with Crippen molar-refractivity contribution in [3.63, 3.8) is 0 Å². The van der Waals surface area contributed by atoms with Gasteiger partial charge in [-0.25, -0.2) is 4.79 Å². The van der Waals surface area contributed by atoms with Gasteiger partial charge in [0.15, 0.2) is 0 Å². The van der Waals surface area contributed by atoms with Crippen LogP contribution in [0.4, 0.5) is 11.5 Å². The van der Waals surface area contributed by atoms with E-state index in [1.807, 2.05) is 60.7 Å². The van der Waals surface area contributed by atoms with Gasteiger partial charge in [-0.1, -0.05) is 60.7 Å². The van der Waals surface area contributed by atoms with Crippen molar-refractivity contribution < 1.29 is 4.79 Å². The maximum Gasteiger partial charge on any atom is 0.330 e. The lowest BCUT2D eigenvalue weighted by atomic mass is 10.2. The lowest BCUT2D eigenvalue weighted by Gasteiger charge is -2.26. The number of amides is 1. The quantitative estimate of drug-likeness (QED) is 0.512. The molecule has 4 N–H and O–H groups in total. The minimum atomic E-state index is -0.609. The molecule has 8 nitrogen and oxygen atoms in total. The van der Waals surface area contributed by atoms with E-state index in [9.17, 15) is 14.4 Å². The molecular weight excluding hydrogens is 394 g/mol. The predicted molar refractivity (Wildman–Crippen MR) is 120 cm³/mol. The smallest absolute Gasteiger partial charge is 0.330 e. The van der Waals surface area contributed by atoms with E-state index in [2.05, 4.69) is 10.3 Å². The summed E-state index contributed by atoms with van der Waals surface area (Å²) in [6.45, 7) is 0.473. The van der Waals surface area contributed by atoms with Gasteiger partial charge in [0.25, 0.3) is 5.56 Å². The van der Waals surface area contributed by atoms with Crippen molar-refractivity contribution in [2.75, 3.05) is 17.2 Å². The number of H-pyrrole nitrogens is 1. The van der Waals surface area contributed by atoms with Gasteiger partial charge in [0.1, 0.15) is 11.5 Å². The summed E-state index contributed by atoms with van der Waals surface area (Å²) in [4.78, 5) is 41.8. The molecule has 2 aromatic carbocycles. The topological polar surface area (TPSA) is 113 Å². The fourth-order valence-corrected chi connectivity index (χ4v) is 3.50. The Morgan fingerprint density at radius 1 is 1.03 bits per heavy atom. The Morgan fingerprint density at radius 2 is 1.65 bits per heavy atom. The molecule has 4 rings (SSSR count). The molecule has 1 aliphatic carbocycles. The highest BCUT2D eigenvalue weighted by Crippen LogP contribution is 2.21. The van der Waals surface area contributed by atoms with E-state index in [0.29, 0.717) is 6.54 Å². The zero-order valence-corrected chi connectivity index (χ0v) is 17.1. The molecule has 0 bridgehead atoms. The summed E-state index contributed by atoms with van der Waals surface area (Å²) in [6.07, 6.45) is 1.93. The van der Waals surface area contributed by atoms with Crippen LogP contribution < -0.4 is 27.2 Å². The van der Waals surface area contributed by atoms with Crippen LogP contribution in [0, 0.1) is 0 Å². The standard InChI is InChI=1S/C23H25N5O3/c24-21-20(22(30)26-23(31)28(21)14-17-9-5-2-6-10-17)27(13-16-7-3-1-4-8-16)15-19(29)25-18-11-12-18/h1-10,18H,11-15,24H2,(H,25,29)(H,26,30,31). The zero-order valence-electron chi connectivity index (χ0n) is 17.1. The van der Waals surface area contributed by atoms with Crippen molar-refractivity contribution in [1.29, 1.82) is 0 Å². The van der Waals surface area contributed by atoms with Gasteiger partial charge in [0.2, 0.25) is 5.91 Å². The number of nitrogens with two attached hydrogens (primary N) is 1. The van der Waals surface area contributed by atoms with Crippen molar-refractivity contribution in [3.8, 4) is 0 Å². The number of carbonyl (C=O) groups is 1. The minimum absolute atomic E-state index is 0.0350. The first-order valence-corrected chi connectivity index (χ1v) is 10.3. The van der Waals surface area contributed by atoms with E-state index in [4.69, 9.17) is 5.73 Å². The average molecular weight is 419 g/mol. The first-order valence-electron chi connectivity index (χ1n) is 10.3. The third kappa shape index (κ3) is 5.03. The number of rotatable bonds is 8. The van der Waals surface area contributed by atoms with Gasteiger partial charge in [0.05, 0.1) is 13.1 Å². The molecule has 1 fully saturated rings. The number of nitrogens with one attached hydrogen (secondary N) is 2. The molecule has 3 aromatic rings. The van der Waals surface area contributed by atoms with E-state index in [-0.39, 0.29) is 36.5 Å². The molecule has 1 heterocycles. The second-order valence-electron chi connectivity index (χ2n) is 7.75. The summed E-state index contributed by atoms with van der Waals surface area (Å²) < 4.78 is 1.32. The second kappa shape index (κ2) is 8.91. The van der Waals surface area contributed by atoms with Gasteiger partial charge in [-0.3, -0.25) is 19.1 Å². The predicted octanol–water partition coefficient (Wildman–Crippen LogP) is 1.45. The molecule has 1 saturated carbocycles. The van der Waals surface area contributed by atoms with E-state index in [0.717, 1.165) is 24.0 Å². The van der Waals surface area contributed by atoms with Crippen LogP contribution in [0.25, 0.3) is 0 Å². The van der Waals surface area contributed by atoms with Crippen LogP contribution in [0.3, 0.4) is 0 Å². The Bertz CT molecular complexity index is 1170. The highest BCUT2D eigenvalue weighted by atomic mass is 16.2. The fourth-order valence-electron chi connectivity index (χ4n) is 3.50. The third-order valence-corrected chi connectivity index (χ3v) is 5.21. The van der Waals surface area contributed by atoms with Crippen LogP contribution in [-0.4, -0.2) is 28.0 Å². The molecule has 160 valence electrons. The number of carbonyl (C=O) groups excluding carboxylic acids is 1. The SMILES string of the molecule is Nc1c(N(CC(=O)NC2CC2)Cc2ccccc2)c(=O)[nH]c(=O)n1Cc1ccccc1. The zero-order chi connectivity index (χ0) is 21.8. The summed E-state index contributed by atoms with van der Waals surface area (Å²) in [7, 11) is 0. The normalized spacial score (nSPS) is 13.0. The number of nitrogens with zero attached hydrogens (tertiary/aromatic N) is 2. The molecule has 0 spiro atoms. The lowest BCUT2D eigenvalue weighted by molar-refractivity contribution is -0.119. The van der Waals surface area contributed by atoms with Gasteiger partial charge in [-0.2, -0.15) is 0 Å². The molecule has 1 aromatic heterocycles. The van der Waals surface area contributed by atoms with Gasteiger partial charge in [-0.15, -0.1) is 0 Å². The Kier molecular flexibility index (Phi) is 5.88. The summed E-state index contributed by atoms with van der Waals surface area (Å²) in [6, 6.07) is 19.1. The number of anilines is 2. The Balaban J connectivity index is 1.71. The van der Waals surface area contributed by atoms with Gasteiger partial charge >= 0.3 is 5.69 Å². The number of hydrogen-bond acceptors (Lipinski definition) is 5. The summed E-state index contributed by atoms with van der Waals surface area (Å²) in [5.74, 6) is -0.147. The number of nitrogen functional groups attached to an aromatic ring is 1. The van der Waals surface area contributed by atoms with Crippen molar-refractivity contribution in [2.45, 2.75) is 32.0 Å². The summed E-state index contributed by atoms with van der Waals surface area (Å²) in [5.41, 5.74) is 7.06. The van der Waals surface area contributed by atoms with E-state index < -0.39 is 11.2 Å². The molecule has 0 saturated heterocycles. The molecule has 0 radical (unpaired) electrons. The van der Waals surface area contributed by atoms with Gasteiger partial charge in [0, 0.05) is 12.6 Å². The molecule has 1 amide bonds. The first kappa shape index (κ1) is 20.5. The van der Waals surface area contributed by atoms with Gasteiger partial charge in [-0.05, 0) is 24.0 Å². The molecular formula is C23H25N5O3. The van der Waals surface area contributed by atoms with Gasteiger partial charge < -0.3 is 16.0 Å². The van der Waals surface area contributed by atoms with Crippen LogP contribution in [0.5, 0.6) is 0 Å². The van der Waals surface area contributed by atoms with Crippen LogP contribution in [0.15, 0.2) is 70.3 Å². The monoisotopic (exact) mass is 419 g/mol. The van der Waals surface area contributed by atoms with Crippen molar-refractivity contribution in [1.82, 2.24) is 14.9 Å². The molecule has 1 aliphatic rings. The third-order valence-electron chi connectivity index (χ3n) is 5.21. The van der Waals surface area contributed by atoms with Crippen LogP contribution in [-0.2, 0) is 17.9 Å². The molecule has 0 unspecified atom stereocenters. The van der Waals surface area contributed by atoms with Crippen LogP contribution >= 0.6 is 0 Å². The van der Waals surface area contributed by atoms with Crippen LogP contribution in [0.2, 0.25) is 0 Å². The number of aromatic amines is 1. The summed E-state index contributed by atoms with van der Waals surface area (Å²) in [5, 5.41) is 2.94.